The van der Waals surface area contributed by atoms with Crippen molar-refractivity contribution in [2.45, 2.75) is 438 Å². The van der Waals surface area contributed by atoms with Crippen molar-refractivity contribution in [3.63, 3.8) is 0 Å². The van der Waals surface area contributed by atoms with Crippen LogP contribution in [0.3, 0.4) is 0 Å². The van der Waals surface area contributed by atoms with Crippen LogP contribution in [0.1, 0.15) is 281 Å². The third kappa shape index (κ3) is 59.9. The van der Waals surface area contributed by atoms with Gasteiger partial charge in [-0.3, -0.25) is 82.8 Å². The zero-order chi connectivity index (χ0) is 113. The van der Waals surface area contributed by atoms with Gasteiger partial charge in [0.25, 0.3) is 0 Å². The number of hydrogen-bond acceptors (Lipinski definition) is 33. The van der Waals surface area contributed by atoms with Gasteiger partial charge < -0.3 is 76.9 Å². The number of aliphatic hydroxyl groups is 1. The summed E-state index contributed by atoms with van der Waals surface area (Å²) in [5.41, 5.74) is 0.0139. The number of carbonyl (C=O) groups is 5. The molecule has 0 spiro atoms. The molecule has 13 aliphatic heterocycles. The molecule has 0 bridgehead atoms. The highest BCUT2D eigenvalue weighted by Crippen LogP contribution is 2.30. The molecule has 0 radical (unpaired) electrons. The molecular formula is C114H224N16O19. The lowest BCUT2D eigenvalue weighted by Crippen LogP contribution is -2.58. The van der Waals surface area contributed by atoms with Crippen molar-refractivity contribution in [1.29, 1.82) is 10.5 Å². The van der Waals surface area contributed by atoms with Gasteiger partial charge in [-0.15, -0.1) is 0 Å². The van der Waals surface area contributed by atoms with Gasteiger partial charge in [-0.25, -0.2) is 0 Å². The van der Waals surface area contributed by atoms with Crippen molar-refractivity contribution in [1.82, 2.24) is 69.0 Å². The van der Waals surface area contributed by atoms with Crippen LogP contribution in [-0.4, -0.2) is 518 Å². The fourth-order valence-electron chi connectivity index (χ4n) is 20.0. The van der Waals surface area contributed by atoms with Gasteiger partial charge in [-0.2, -0.15) is 10.5 Å². The molecule has 13 aliphatic rings. The molecule has 35 heteroatoms. The summed E-state index contributed by atoms with van der Waals surface area (Å²) in [6.07, 6.45) is 5.66. The molecule has 874 valence electrons. The van der Waals surface area contributed by atoms with E-state index in [-0.39, 0.29) is 107 Å². The molecule has 2 N–H and O–H groups in total. The van der Waals surface area contributed by atoms with Crippen LogP contribution >= 0.6 is 0 Å². The number of nitrogens with one attached hydrogen (secondary N) is 1. The molecule has 2 amide bonds. The number of methoxy groups -OCH3 is 1. The Hall–Kier alpha value is -4.11. The van der Waals surface area contributed by atoms with E-state index in [1.165, 1.54) is 6.92 Å². The highest BCUT2D eigenvalue weighted by molar-refractivity contribution is 5.82. The number of carbonyl (C=O) groups excluding carboxylic acids is 5. The second-order valence-corrected chi connectivity index (χ2v) is 47.2. The average molecular weight is 2120 g/mol. The van der Waals surface area contributed by atoms with E-state index >= 15 is 0 Å². The van der Waals surface area contributed by atoms with E-state index in [9.17, 15) is 24.0 Å². The number of nitriles is 2. The highest BCUT2D eigenvalue weighted by Gasteiger charge is 2.40. The second kappa shape index (κ2) is 75.8. The van der Waals surface area contributed by atoms with E-state index in [4.69, 9.17) is 77.2 Å². The zero-order valence-corrected chi connectivity index (χ0v) is 101. The number of nitrogens with zero attached hydrogens (tertiary/aromatic N) is 15. The molecular weight excluding hydrogens is 1900 g/mol. The third-order valence-electron chi connectivity index (χ3n) is 28.7. The Balaban J connectivity index is 0.000000550. The van der Waals surface area contributed by atoms with Crippen LogP contribution in [-0.2, 0) is 85.6 Å². The molecule has 11 unspecified atom stereocenters. The second-order valence-electron chi connectivity index (χ2n) is 47.2. The number of rotatable bonds is 24. The van der Waals surface area contributed by atoms with Crippen LogP contribution in [0.15, 0.2) is 0 Å². The Kier molecular flexibility index (Phi) is 71.7. The number of aliphatic hydroxyl groups excluding tert-OH is 1. The Morgan fingerprint density at radius 3 is 1.15 bits per heavy atom. The van der Waals surface area contributed by atoms with Crippen molar-refractivity contribution in [3.05, 3.63) is 0 Å². The molecule has 0 aliphatic carbocycles. The lowest BCUT2D eigenvalue weighted by Gasteiger charge is -2.48. The van der Waals surface area contributed by atoms with Gasteiger partial charge in [0, 0.05) is 250 Å². The van der Waals surface area contributed by atoms with E-state index in [1.807, 2.05) is 4.90 Å². The molecule has 149 heavy (non-hydrogen) atoms. The zero-order valence-electron chi connectivity index (χ0n) is 101. The number of Topliss-reactive ketones (excluding diaryl/α,β-unsaturated/α-hetero) is 3. The standard InChI is InChI=1S/C13H24N2O2.C11H23NO.C10H20N2O2.C10H19NO2.C10H21NO.C9H19NO2.2C9H17NO2.C9H19NO.2C8H14N2O.C8H17NO2/c1-11(2)15-7-8-17-12(10-15)9-13(16)14-5-3-4-6-14;1-9(2)12-7-10(3,4)13-11(5,6)8-12;1-8(2)12-4-5-14-10(7-12)6-11-9(3)13;1-8(2)11-4-5-13-10(7-11)6-9(3)12;1-8(2)11-6-9(3)12-10(4,5)7-11;1-8(2)10-4-5-12-9(6-10)7-11-3;1-7(2)10-4-5-12-6-9(10)8(3)11;1-7(2)10-4-5-12-9(6-10)8(3)11;1-4-9-7-10(8(2)3)5-6-11-9;1-7(2)10-3-4-11-6-8(10)5-9;1-7(2)10-3-4-11-8(5-9)6-10;1-7(2)9-3-4-11-6-8(9)5-10/h11-12H,3-10H2,1-2H3;9H,7-8H2,1-6H3;8,10H,4-7H2,1-3H3,(H,11,13);8,10H,4-7H2,1-3H3;8-9H,6-7H2,1-5H3;8-9H,4-7H2,1-3H3;2*7,9H,4-6H2,1-3H3;8-9H,4-7H2,1-3H3;2*7-8H,3-4,6H2,1-2H3;7-8,10H,3-6H2,1-2H3. The van der Waals surface area contributed by atoms with Gasteiger partial charge >= 0.3 is 0 Å². The maximum absolute atomic E-state index is 12.0. The Morgan fingerprint density at radius 2 is 0.765 bits per heavy atom. The molecule has 0 aromatic rings. The van der Waals surface area contributed by atoms with Crippen LogP contribution in [0.25, 0.3) is 0 Å². The van der Waals surface area contributed by atoms with Crippen LogP contribution in [0.2, 0.25) is 0 Å². The van der Waals surface area contributed by atoms with Crippen molar-refractivity contribution in [2.75, 3.05) is 263 Å². The number of amides is 2. The Labute approximate surface area is 907 Å². The first-order valence-corrected chi connectivity index (χ1v) is 57.2. The van der Waals surface area contributed by atoms with Crippen molar-refractivity contribution < 1.29 is 90.7 Å². The fourth-order valence-corrected chi connectivity index (χ4v) is 20.0. The van der Waals surface area contributed by atoms with E-state index in [2.05, 4.69) is 298 Å². The SMILES string of the molecule is CC(=O)C1CN(C(C)C)CCO1.CC(=O)C1COCCN1C(C)C.CC(=O)CC1CN(C(C)C)CCO1.CC(=O)NCC1CN(C(C)C)CCO1.CC(C)N1CC(C)(C)OC(C)(C)C1.CC(C)N1CCOC(C#N)C1.CC(C)N1CCOC(CC(=O)N2CCCC2)C1.CC(C)N1CCOCC1C#N.CC(C)N1CCOCC1CO.CC1CN(C(C)C)CC(C)(C)O1.CCC1CN(C(C)C)CCO1.COCC1CN(C(C)C)CCO1. The van der Waals surface area contributed by atoms with Crippen molar-refractivity contribution >= 4 is 29.2 Å². The monoisotopic (exact) mass is 2120 g/mol. The summed E-state index contributed by atoms with van der Waals surface area (Å²) in [6.45, 7) is 109. The summed E-state index contributed by atoms with van der Waals surface area (Å²) in [6, 6.07) is 11.1. The van der Waals surface area contributed by atoms with Gasteiger partial charge in [0.05, 0.1) is 183 Å². The lowest BCUT2D eigenvalue weighted by molar-refractivity contribution is -0.185. The van der Waals surface area contributed by atoms with Gasteiger partial charge in [0.15, 0.2) is 11.9 Å². The first kappa shape index (κ1) is 141. The fraction of sp³-hybridized carbons (Fsp3) is 0.939. The van der Waals surface area contributed by atoms with Gasteiger partial charge in [-0.05, 0) is 255 Å². The number of ether oxygens (including phenoxy) is 13. The summed E-state index contributed by atoms with van der Waals surface area (Å²) in [5.74, 6) is 0.854. The minimum atomic E-state index is -0.217. The number of hydrogen-bond donors (Lipinski definition) is 2. The molecule has 13 heterocycles. The molecule has 13 rings (SSSR count). The average Bonchev–Trinajstić information content (AvgIpc) is 0.922. The molecule has 11 atom stereocenters. The normalized spacial score (nSPS) is 26.8. The summed E-state index contributed by atoms with van der Waals surface area (Å²) in [5, 5.41) is 29.1. The van der Waals surface area contributed by atoms with Crippen LogP contribution in [0.4, 0.5) is 0 Å². The summed E-state index contributed by atoms with van der Waals surface area (Å²) < 4.78 is 71.0. The molecule has 0 aromatic heterocycles. The summed E-state index contributed by atoms with van der Waals surface area (Å²) in [4.78, 5) is 86.0. The van der Waals surface area contributed by atoms with Crippen LogP contribution in [0, 0.1) is 22.7 Å². The van der Waals surface area contributed by atoms with Crippen LogP contribution in [0.5, 0.6) is 0 Å². The summed E-state index contributed by atoms with van der Waals surface area (Å²) >= 11 is 0. The summed E-state index contributed by atoms with van der Waals surface area (Å²) in [7, 11) is 1.72. The first-order valence-electron chi connectivity index (χ1n) is 57.2. The predicted molar refractivity (Wildman–Crippen MR) is 598 cm³/mol. The third-order valence-corrected chi connectivity index (χ3v) is 28.7. The van der Waals surface area contributed by atoms with E-state index < -0.39 is 0 Å². The van der Waals surface area contributed by atoms with E-state index in [0.29, 0.717) is 144 Å². The predicted octanol–water partition coefficient (Wildman–Crippen LogP) is 11.5. The van der Waals surface area contributed by atoms with E-state index in [1.54, 1.807) is 27.9 Å². The van der Waals surface area contributed by atoms with Gasteiger partial charge in [0.2, 0.25) is 11.8 Å². The largest absolute Gasteiger partial charge is 0.395 e. The quantitative estimate of drug-likeness (QED) is 0.0906. The van der Waals surface area contributed by atoms with Gasteiger partial charge in [0.1, 0.15) is 23.7 Å². The van der Waals surface area contributed by atoms with Crippen molar-refractivity contribution in [2.24, 2.45) is 0 Å². The van der Waals surface area contributed by atoms with Crippen LogP contribution < -0.4 is 5.32 Å². The molecule has 13 saturated heterocycles. The van der Waals surface area contributed by atoms with Crippen molar-refractivity contribution in [3.8, 4) is 12.1 Å². The highest BCUT2D eigenvalue weighted by atomic mass is 16.5. The lowest BCUT2D eigenvalue weighted by atomic mass is 9.98. The molecule has 0 aromatic carbocycles. The Morgan fingerprint density at radius 1 is 0.389 bits per heavy atom. The maximum atomic E-state index is 12.0. The number of likely N-dealkylation sites (tertiary alicyclic amines) is 1. The molecule has 35 nitrogen and oxygen atoms in total. The molecule has 13 fully saturated rings. The Bertz CT molecular complexity index is 3590. The minimum absolute atomic E-state index is 0.00792. The minimum Gasteiger partial charge on any atom is -0.395 e. The topological polar surface area (TPSA) is 327 Å². The number of ketones is 3. The first-order chi connectivity index (χ1) is 69.9. The number of morpholine rings is 12. The molecule has 0 saturated carbocycles. The van der Waals surface area contributed by atoms with E-state index in [0.717, 1.165) is 223 Å². The maximum Gasteiger partial charge on any atom is 0.225 e. The smallest absolute Gasteiger partial charge is 0.225 e. The van der Waals surface area contributed by atoms with Gasteiger partial charge in [-0.1, -0.05) is 6.92 Å².